The van der Waals surface area contributed by atoms with E-state index in [1.807, 2.05) is 0 Å². The minimum Gasteiger partial charge on any atom is -0.423 e. The van der Waals surface area contributed by atoms with Gasteiger partial charge in [-0.25, -0.2) is 8.78 Å². The lowest BCUT2D eigenvalue weighted by Gasteiger charge is -2.38. The topological polar surface area (TPSA) is 62.6 Å². The van der Waals surface area contributed by atoms with Gasteiger partial charge in [0, 0.05) is 0 Å². The molecular formula is C11H16BF2NO3. The molecule has 0 unspecified atom stereocenters. The summed E-state index contributed by atoms with van der Waals surface area (Å²) in [7, 11) is -1.82. The highest BCUT2D eigenvalue weighted by molar-refractivity contribution is 6.60. The summed E-state index contributed by atoms with van der Waals surface area (Å²) in [5.41, 5.74) is -3.12. The maximum atomic E-state index is 13.4. The molecule has 0 atom stereocenters. The van der Waals surface area contributed by atoms with E-state index in [2.05, 4.69) is 4.98 Å². The lowest BCUT2D eigenvalue weighted by atomic mass is 9.76. The third-order valence-corrected chi connectivity index (χ3v) is 3.02. The fourth-order valence-electron chi connectivity index (χ4n) is 1.14. The van der Waals surface area contributed by atoms with E-state index in [1.165, 1.54) is 27.7 Å². The van der Waals surface area contributed by atoms with Gasteiger partial charge in [0.2, 0.25) is 0 Å². The van der Waals surface area contributed by atoms with Gasteiger partial charge >= 0.3 is 7.12 Å². The van der Waals surface area contributed by atoms with Crippen molar-refractivity contribution in [3.05, 3.63) is 24.0 Å². The zero-order chi connectivity index (χ0) is 14.1. The summed E-state index contributed by atoms with van der Waals surface area (Å²) in [5.74, 6) is -2.01. The summed E-state index contributed by atoms with van der Waals surface area (Å²) in [6, 6.07) is 0. The first-order chi connectivity index (χ1) is 8.06. The molecule has 18 heavy (non-hydrogen) atoms. The first-order valence-electron chi connectivity index (χ1n) is 5.43. The molecule has 1 aromatic heterocycles. The van der Waals surface area contributed by atoms with Crippen molar-refractivity contribution >= 4 is 12.6 Å². The SMILES string of the molecule is CC(C)(O)C(C)(C)OB(O)c1c(F)cncc1F. The molecule has 0 spiro atoms. The van der Waals surface area contributed by atoms with E-state index in [9.17, 15) is 18.9 Å². The first kappa shape index (κ1) is 15.0. The van der Waals surface area contributed by atoms with Crippen molar-refractivity contribution in [3.8, 4) is 0 Å². The molecular weight excluding hydrogens is 243 g/mol. The molecule has 0 saturated heterocycles. The summed E-state index contributed by atoms with van der Waals surface area (Å²) in [6.45, 7) is 5.96. The second-order valence-electron chi connectivity index (χ2n) is 5.06. The fourth-order valence-corrected chi connectivity index (χ4v) is 1.14. The van der Waals surface area contributed by atoms with Gasteiger partial charge in [-0.05, 0) is 27.7 Å². The van der Waals surface area contributed by atoms with E-state index < -0.39 is 35.4 Å². The van der Waals surface area contributed by atoms with Gasteiger partial charge in [0.25, 0.3) is 0 Å². The summed E-state index contributed by atoms with van der Waals surface area (Å²) in [6.07, 6.45) is 1.56. The van der Waals surface area contributed by atoms with E-state index in [4.69, 9.17) is 4.65 Å². The third-order valence-electron chi connectivity index (χ3n) is 3.02. The van der Waals surface area contributed by atoms with Gasteiger partial charge in [-0.1, -0.05) is 0 Å². The Bertz CT molecular complexity index is 415. The maximum absolute atomic E-state index is 13.4. The normalized spacial score (nSPS) is 12.7. The van der Waals surface area contributed by atoms with Crippen LogP contribution in [0.4, 0.5) is 8.78 Å². The lowest BCUT2D eigenvalue weighted by Crippen LogP contribution is -2.54. The molecule has 0 fully saturated rings. The molecule has 0 bridgehead atoms. The van der Waals surface area contributed by atoms with Crippen molar-refractivity contribution < 1.29 is 23.6 Å². The smallest absolute Gasteiger partial charge is 0.423 e. The van der Waals surface area contributed by atoms with Gasteiger partial charge in [0.1, 0.15) is 11.6 Å². The highest BCUT2D eigenvalue weighted by Crippen LogP contribution is 2.25. The molecule has 4 nitrogen and oxygen atoms in total. The zero-order valence-corrected chi connectivity index (χ0v) is 10.7. The van der Waals surface area contributed by atoms with Crippen LogP contribution in [0.1, 0.15) is 27.7 Å². The minimum atomic E-state index is -1.82. The maximum Gasteiger partial charge on any atom is 0.497 e. The van der Waals surface area contributed by atoms with E-state index in [0.717, 1.165) is 12.4 Å². The molecule has 0 radical (unpaired) electrons. The van der Waals surface area contributed by atoms with Crippen LogP contribution in [0.15, 0.2) is 12.4 Å². The highest BCUT2D eigenvalue weighted by Gasteiger charge is 2.41. The van der Waals surface area contributed by atoms with Crippen LogP contribution in [-0.2, 0) is 4.65 Å². The van der Waals surface area contributed by atoms with Gasteiger partial charge in [0.15, 0.2) is 0 Å². The Morgan fingerprint density at radius 3 is 2.00 bits per heavy atom. The molecule has 0 amide bonds. The van der Waals surface area contributed by atoms with Crippen molar-refractivity contribution in [2.75, 3.05) is 0 Å². The molecule has 2 N–H and O–H groups in total. The molecule has 0 aliphatic heterocycles. The molecule has 1 rings (SSSR count). The van der Waals surface area contributed by atoms with Crippen LogP contribution in [0, 0.1) is 11.6 Å². The number of halogens is 2. The number of pyridine rings is 1. The van der Waals surface area contributed by atoms with Crippen LogP contribution in [-0.4, -0.2) is 33.4 Å². The van der Waals surface area contributed by atoms with E-state index in [0.29, 0.717) is 0 Å². The summed E-state index contributed by atoms with van der Waals surface area (Å²) >= 11 is 0. The molecule has 7 heteroatoms. The largest absolute Gasteiger partial charge is 0.497 e. The number of nitrogens with zero attached hydrogens (tertiary/aromatic N) is 1. The van der Waals surface area contributed by atoms with Crippen LogP contribution >= 0.6 is 0 Å². The summed E-state index contributed by atoms with van der Waals surface area (Å²) < 4.78 is 31.9. The zero-order valence-electron chi connectivity index (χ0n) is 10.7. The Balaban J connectivity index is 3.00. The van der Waals surface area contributed by atoms with Gasteiger partial charge in [-0.15, -0.1) is 0 Å². The van der Waals surface area contributed by atoms with Crippen LogP contribution in [0.25, 0.3) is 0 Å². The third kappa shape index (κ3) is 3.04. The number of hydrogen-bond donors (Lipinski definition) is 2. The minimum absolute atomic E-state index is 0.623. The van der Waals surface area contributed by atoms with E-state index in [1.54, 1.807) is 0 Å². The quantitative estimate of drug-likeness (QED) is 0.778. The Hall–Kier alpha value is -1.05. The lowest BCUT2D eigenvalue weighted by molar-refractivity contribution is -0.0984. The molecule has 100 valence electrons. The van der Waals surface area contributed by atoms with Crippen LogP contribution in [0.2, 0.25) is 0 Å². The summed E-state index contributed by atoms with van der Waals surface area (Å²) in [5, 5.41) is 19.6. The Morgan fingerprint density at radius 2 is 1.61 bits per heavy atom. The van der Waals surface area contributed by atoms with Gasteiger partial charge < -0.3 is 14.8 Å². The predicted octanol–water partition coefficient (Wildman–Crippen LogP) is 0.613. The molecule has 0 aromatic carbocycles. The second kappa shape index (κ2) is 4.91. The van der Waals surface area contributed by atoms with Crippen molar-refractivity contribution in [3.63, 3.8) is 0 Å². The predicted molar refractivity (Wildman–Crippen MR) is 63.2 cm³/mol. The van der Waals surface area contributed by atoms with Gasteiger partial charge in [-0.2, -0.15) is 0 Å². The van der Waals surface area contributed by atoms with Crippen molar-refractivity contribution in [2.45, 2.75) is 38.9 Å². The van der Waals surface area contributed by atoms with Crippen LogP contribution < -0.4 is 5.46 Å². The van der Waals surface area contributed by atoms with Gasteiger partial charge in [-0.3, -0.25) is 4.98 Å². The second-order valence-corrected chi connectivity index (χ2v) is 5.06. The summed E-state index contributed by atoms with van der Waals surface area (Å²) in [4.78, 5) is 3.31. The fraction of sp³-hybridized carbons (Fsp3) is 0.545. The average molecular weight is 259 g/mol. The Kier molecular flexibility index (Phi) is 4.10. The van der Waals surface area contributed by atoms with Crippen molar-refractivity contribution in [1.82, 2.24) is 4.98 Å². The number of aromatic nitrogens is 1. The Labute approximate surface area is 105 Å². The molecule has 0 aliphatic carbocycles. The first-order valence-corrected chi connectivity index (χ1v) is 5.43. The van der Waals surface area contributed by atoms with Crippen molar-refractivity contribution in [2.24, 2.45) is 0 Å². The monoisotopic (exact) mass is 259 g/mol. The molecule has 0 aliphatic rings. The van der Waals surface area contributed by atoms with E-state index >= 15 is 0 Å². The molecule has 1 aromatic rings. The van der Waals surface area contributed by atoms with E-state index in [-0.39, 0.29) is 0 Å². The molecule has 0 saturated carbocycles. The average Bonchev–Trinajstić information content (AvgIpc) is 2.14. The number of hydrogen-bond acceptors (Lipinski definition) is 4. The Morgan fingerprint density at radius 1 is 1.17 bits per heavy atom. The van der Waals surface area contributed by atoms with Crippen LogP contribution in [0.5, 0.6) is 0 Å². The standard InChI is InChI=1S/C11H16BF2NO3/c1-10(2,16)11(3,4)18-12(17)9-7(13)5-15-6-8(9)14/h5-6,16-17H,1-4H3. The molecule has 1 heterocycles. The number of rotatable bonds is 4. The van der Waals surface area contributed by atoms with Gasteiger partial charge in [0.05, 0.1) is 29.1 Å². The van der Waals surface area contributed by atoms with Crippen molar-refractivity contribution in [1.29, 1.82) is 0 Å². The van der Waals surface area contributed by atoms with Crippen LogP contribution in [0.3, 0.4) is 0 Å². The number of aliphatic hydroxyl groups is 1. The highest BCUT2D eigenvalue weighted by atomic mass is 19.1.